The van der Waals surface area contributed by atoms with Crippen LogP contribution in [-0.4, -0.2) is 34.4 Å². The Labute approximate surface area is 109 Å². The summed E-state index contributed by atoms with van der Waals surface area (Å²) in [4.78, 5) is 9.25. The summed E-state index contributed by atoms with van der Waals surface area (Å²) in [6.07, 6.45) is -6.23. The van der Waals surface area contributed by atoms with Gasteiger partial charge in [0, 0.05) is 12.6 Å². The summed E-state index contributed by atoms with van der Waals surface area (Å²) >= 11 is 0. The normalized spacial score (nSPS) is 13.1. The van der Waals surface area contributed by atoms with Crippen molar-refractivity contribution >= 4 is 11.4 Å². The molecular weight excluding hydrogens is 288 g/mol. The topological polar surface area (TPSA) is 95.6 Å². The number of nitro benzene ring substituents is 1. The van der Waals surface area contributed by atoms with Crippen LogP contribution in [0.25, 0.3) is 0 Å². The molecule has 0 spiro atoms. The average Bonchev–Trinajstić information content (AvgIpc) is 2.35. The molecule has 1 rings (SSSR count). The second-order valence-corrected chi connectivity index (χ2v) is 3.83. The molecule has 10 heteroatoms. The van der Waals surface area contributed by atoms with E-state index >= 15 is 0 Å². The zero-order chi connectivity index (χ0) is 15.5. The number of anilines is 1. The van der Waals surface area contributed by atoms with Crippen LogP contribution in [0.1, 0.15) is 5.56 Å². The molecule has 0 aliphatic carbocycles. The highest BCUT2D eigenvalue weighted by Gasteiger charge is 2.35. The van der Waals surface area contributed by atoms with E-state index < -0.39 is 53.1 Å². The third-order valence-electron chi connectivity index (χ3n) is 2.32. The van der Waals surface area contributed by atoms with Crippen molar-refractivity contribution in [1.29, 1.82) is 0 Å². The quantitative estimate of drug-likeness (QED) is 0.435. The summed E-state index contributed by atoms with van der Waals surface area (Å²) in [6.45, 7) is -1.17. The molecule has 0 bridgehead atoms. The first kappa shape index (κ1) is 16.1. The molecule has 0 fully saturated rings. The van der Waals surface area contributed by atoms with Crippen LogP contribution in [0.5, 0.6) is 0 Å². The Kier molecular flexibility index (Phi) is 4.84. The van der Waals surface area contributed by atoms with Gasteiger partial charge in [-0.3, -0.25) is 10.1 Å². The molecule has 0 saturated heterocycles. The Hall–Kier alpha value is -1.94. The number of nitrogens with one attached hydrogen (secondary N) is 1. The fraction of sp³-hybridized carbons (Fsp3) is 0.400. The van der Waals surface area contributed by atoms with E-state index in [1.165, 1.54) is 0 Å². The minimum absolute atomic E-state index is 0.0863. The number of aliphatic hydroxyl groups is 2. The van der Waals surface area contributed by atoms with Crippen molar-refractivity contribution in [3.8, 4) is 0 Å². The van der Waals surface area contributed by atoms with Gasteiger partial charge in [0.05, 0.1) is 28.9 Å². The van der Waals surface area contributed by atoms with Gasteiger partial charge in [0.2, 0.25) is 5.82 Å². The first-order valence-corrected chi connectivity index (χ1v) is 5.24. The number of rotatable bonds is 5. The highest BCUT2D eigenvalue weighted by Crippen LogP contribution is 2.36. The van der Waals surface area contributed by atoms with Crippen LogP contribution < -0.4 is 5.32 Å². The summed E-state index contributed by atoms with van der Waals surface area (Å²) in [5.74, 6) is -1.48. The van der Waals surface area contributed by atoms with Crippen LogP contribution in [0, 0.1) is 15.9 Å². The van der Waals surface area contributed by atoms with E-state index in [-0.39, 0.29) is 6.07 Å². The van der Waals surface area contributed by atoms with Crippen LogP contribution in [-0.2, 0) is 6.18 Å². The number of hydrogen-bond acceptors (Lipinski definition) is 5. The molecule has 3 N–H and O–H groups in total. The van der Waals surface area contributed by atoms with E-state index in [0.29, 0.717) is 6.07 Å². The highest BCUT2D eigenvalue weighted by atomic mass is 19.4. The van der Waals surface area contributed by atoms with Crippen LogP contribution in [0.3, 0.4) is 0 Å². The summed E-state index contributed by atoms with van der Waals surface area (Å²) in [7, 11) is 0. The molecule has 0 aromatic heterocycles. The Morgan fingerprint density at radius 1 is 1.40 bits per heavy atom. The van der Waals surface area contributed by atoms with Gasteiger partial charge in [0.15, 0.2) is 0 Å². The van der Waals surface area contributed by atoms with Crippen molar-refractivity contribution < 1.29 is 32.7 Å². The van der Waals surface area contributed by atoms with E-state index in [1.54, 1.807) is 0 Å². The van der Waals surface area contributed by atoms with E-state index in [0.717, 1.165) is 0 Å². The lowest BCUT2D eigenvalue weighted by Gasteiger charge is -2.13. The van der Waals surface area contributed by atoms with Gasteiger partial charge in [0.25, 0.3) is 0 Å². The average molecular weight is 298 g/mol. The molecule has 0 radical (unpaired) electrons. The van der Waals surface area contributed by atoms with Gasteiger partial charge in [-0.25, -0.2) is 0 Å². The first-order valence-electron chi connectivity index (χ1n) is 5.24. The Morgan fingerprint density at radius 3 is 2.45 bits per heavy atom. The lowest BCUT2D eigenvalue weighted by atomic mass is 10.1. The first-order chi connectivity index (χ1) is 9.16. The fourth-order valence-electron chi connectivity index (χ4n) is 1.33. The molecule has 0 amide bonds. The third-order valence-corrected chi connectivity index (χ3v) is 2.32. The third kappa shape index (κ3) is 3.78. The fourth-order valence-corrected chi connectivity index (χ4v) is 1.33. The van der Waals surface area contributed by atoms with Crippen LogP contribution in [0.4, 0.5) is 28.9 Å². The monoisotopic (exact) mass is 298 g/mol. The SMILES string of the molecule is O=[N+]([O-])c1cc(C(F)(F)F)cc(NCC(O)CO)c1F. The minimum Gasteiger partial charge on any atom is -0.394 e. The standard InChI is InChI=1S/C10H10F4N2O4/c11-9-7(15-3-6(18)4-17)1-5(10(12,13)14)2-8(9)16(19)20/h1-2,6,15,17-18H,3-4H2. The molecule has 1 aromatic carbocycles. The van der Waals surface area contributed by atoms with Gasteiger partial charge in [0.1, 0.15) is 0 Å². The zero-order valence-electron chi connectivity index (χ0n) is 9.82. The second kappa shape index (κ2) is 6.01. The van der Waals surface area contributed by atoms with Crippen LogP contribution in [0.2, 0.25) is 0 Å². The molecule has 1 unspecified atom stereocenters. The molecular formula is C10H10F4N2O4. The van der Waals surface area contributed by atoms with Gasteiger partial charge in [-0.1, -0.05) is 0 Å². The molecule has 1 atom stereocenters. The Morgan fingerprint density at radius 2 is 2.00 bits per heavy atom. The van der Waals surface area contributed by atoms with Gasteiger partial charge in [-0.15, -0.1) is 0 Å². The largest absolute Gasteiger partial charge is 0.416 e. The molecule has 0 aliphatic heterocycles. The van der Waals surface area contributed by atoms with Crippen molar-refractivity contribution in [2.45, 2.75) is 12.3 Å². The molecule has 0 saturated carbocycles. The second-order valence-electron chi connectivity index (χ2n) is 3.83. The lowest BCUT2D eigenvalue weighted by Crippen LogP contribution is -2.23. The molecule has 1 aromatic rings. The van der Waals surface area contributed by atoms with Crippen molar-refractivity contribution in [3.63, 3.8) is 0 Å². The van der Waals surface area contributed by atoms with Gasteiger partial charge in [-0.05, 0) is 6.07 Å². The van der Waals surface area contributed by atoms with Gasteiger partial charge >= 0.3 is 11.9 Å². The van der Waals surface area contributed by atoms with Crippen molar-refractivity contribution in [3.05, 3.63) is 33.6 Å². The predicted molar refractivity (Wildman–Crippen MR) is 59.6 cm³/mol. The van der Waals surface area contributed by atoms with Crippen molar-refractivity contribution in [2.24, 2.45) is 0 Å². The summed E-state index contributed by atoms with van der Waals surface area (Å²) in [5.41, 5.74) is -3.51. The maximum absolute atomic E-state index is 13.6. The number of nitrogens with zero attached hydrogens (tertiary/aromatic N) is 1. The number of halogens is 4. The summed E-state index contributed by atoms with van der Waals surface area (Å²) in [5, 5.41) is 30.2. The maximum atomic E-state index is 13.6. The molecule has 6 nitrogen and oxygen atoms in total. The lowest BCUT2D eigenvalue weighted by molar-refractivity contribution is -0.387. The summed E-state index contributed by atoms with van der Waals surface area (Å²) in [6, 6.07) is 0.440. The van der Waals surface area contributed by atoms with Gasteiger partial charge in [-0.2, -0.15) is 17.6 Å². The smallest absolute Gasteiger partial charge is 0.394 e. The molecule has 112 valence electrons. The number of alkyl halides is 3. The number of aliphatic hydroxyl groups excluding tert-OH is 2. The van der Waals surface area contributed by atoms with Crippen molar-refractivity contribution in [2.75, 3.05) is 18.5 Å². The Balaban J connectivity index is 3.21. The van der Waals surface area contributed by atoms with Crippen molar-refractivity contribution in [1.82, 2.24) is 0 Å². The minimum atomic E-state index is -4.88. The predicted octanol–water partition coefficient (Wildman–Crippen LogP) is 1.52. The number of nitro groups is 1. The summed E-state index contributed by atoms with van der Waals surface area (Å²) < 4.78 is 51.3. The van der Waals surface area contributed by atoms with Gasteiger partial charge < -0.3 is 15.5 Å². The maximum Gasteiger partial charge on any atom is 0.416 e. The number of hydrogen-bond donors (Lipinski definition) is 3. The van der Waals surface area contributed by atoms with Crippen LogP contribution >= 0.6 is 0 Å². The molecule has 0 heterocycles. The highest BCUT2D eigenvalue weighted by molar-refractivity contribution is 5.56. The van der Waals surface area contributed by atoms with E-state index in [1.807, 2.05) is 0 Å². The van der Waals surface area contributed by atoms with E-state index in [9.17, 15) is 27.7 Å². The number of benzene rings is 1. The molecule has 20 heavy (non-hydrogen) atoms. The zero-order valence-corrected chi connectivity index (χ0v) is 9.82. The van der Waals surface area contributed by atoms with Crippen LogP contribution in [0.15, 0.2) is 12.1 Å². The van der Waals surface area contributed by atoms with E-state index in [2.05, 4.69) is 5.32 Å². The molecule has 0 aliphatic rings. The Bertz CT molecular complexity index is 507. The van der Waals surface area contributed by atoms with E-state index in [4.69, 9.17) is 10.2 Å².